The number of hydrogen-bond donors (Lipinski definition) is 5. The average molecular weight is 1110 g/mol. The number of carbonyl (C=O) groups is 5. The third kappa shape index (κ3) is 17.7. The smallest absolute Gasteiger partial charge is 0.344 e. The summed E-state index contributed by atoms with van der Waals surface area (Å²) in [6, 6.07) is 44.4. The molecule has 9 rings (SSSR count). The highest BCUT2D eigenvalue weighted by molar-refractivity contribution is 6.35. The molecule has 0 radical (unpaired) electrons. The van der Waals surface area contributed by atoms with Crippen LogP contribution in [0.25, 0.3) is 43.4 Å². The zero-order chi connectivity index (χ0) is 58.5. The van der Waals surface area contributed by atoms with E-state index >= 15 is 0 Å². The number of nitriles is 1. The highest BCUT2D eigenvalue weighted by Gasteiger charge is 2.18. The number of benzene rings is 6. The minimum Gasteiger partial charge on any atom is -0.479 e. The molecule has 6 aromatic carbocycles. The number of ether oxygens (including phenoxy) is 5. The van der Waals surface area contributed by atoms with Crippen LogP contribution < -0.4 is 23.7 Å². The first-order chi connectivity index (χ1) is 38.2. The summed E-state index contributed by atoms with van der Waals surface area (Å²) in [6.07, 6.45) is -0.259. The quantitative estimate of drug-likeness (QED) is 0.0596. The molecule has 80 heavy (non-hydrogen) atoms. The third-order valence-electron chi connectivity index (χ3n) is 11.0. The van der Waals surface area contributed by atoms with Crippen LogP contribution in [0.3, 0.4) is 0 Å². The van der Waals surface area contributed by atoms with Gasteiger partial charge in [-0.1, -0.05) is 90.5 Å². The van der Waals surface area contributed by atoms with Gasteiger partial charge in [0.1, 0.15) is 28.7 Å². The summed E-state index contributed by atoms with van der Waals surface area (Å²) in [6.45, 7) is 7.32. The van der Waals surface area contributed by atoms with Crippen molar-refractivity contribution in [2.24, 2.45) is 0 Å². The number of carboxylic acids is 5. The van der Waals surface area contributed by atoms with Crippen molar-refractivity contribution in [1.29, 1.82) is 5.26 Å². The number of aliphatic carboxylic acids is 5. The molecular weight excluding hydrogens is 1060 g/mol. The second-order valence-corrected chi connectivity index (χ2v) is 17.3. The van der Waals surface area contributed by atoms with Gasteiger partial charge in [0.15, 0.2) is 30.5 Å². The van der Waals surface area contributed by atoms with Crippen LogP contribution in [0.15, 0.2) is 164 Å². The fraction of sp³-hybridized carbons (Fsp3) is 0.169. The summed E-state index contributed by atoms with van der Waals surface area (Å²) >= 11 is 6.06. The molecule has 0 saturated carbocycles. The summed E-state index contributed by atoms with van der Waals surface area (Å²) in [5.74, 6) is -3.47. The molecule has 9 aromatic rings. The van der Waals surface area contributed by atoms with Gasteiger partial charge in [0.05, 0.1) is 35.1 Å². The second-order valence-electron chi connectivity index (χ2n) is 16.9. The number of para-hydroxylation sites is 2. The molecule has 412 valence electrons. The molecule has 0 unspecified atom stereocenters. The molecule has 0 aliphatic heterocycles. The Morgan fingerprint density at radius 1 is 0.463 bits per heavy atom. The number of aromatic nitrogens is 3. The second kappa shape index (κ2) is 29.4. The first-order valence-corrected chi connectivity index (χ1v) is 24.4. The summed E-state index contributed by atoms with van der Waals surface area (Å²) in [5, 5.41) is 58.2. The number of hydrogen-bond acceptors (Lipinski definition) is 14. The van der Waals surface area contributed by atoms with Gasteiger partial charge in [-0.25, -0.2) is 29.0 Å². The van der Waals surface area contributed by atoms with Crippen LogP contribution in [0.1, 0.15) is 40.2 Å². The van der Waals surface area contributed by atoms with Crippen LogP contribution in [0.5, 0.6) is 28.7 Å². The highest BCUT2D eigenvalue weighted by atomic mass is 35.5. The van der Waals surface area contributed by atoms with Gasteiger partial charge in [0.2, 0.25) is 5.95 Å². The van der Waals surface area contributed by atoms with Gasteiger partial charge < -0.3 is 49.2 Å². The molecule has 0 bridgehead atoms. The largest absolute Gasteiger partial charge is 0.479 e. The van der Waals surface area contributed by atoms with Crippen molar-refractivity contribution >= 4 is 84.8 Å². The molecule has 3 aromatic heterocycles. The Bertz CT molecular complexity index is 3650. The van der Waals surface area contributed by atoms with Gasteiger partial charge in [0.25, 0.3) is 0 Å². The number of carboxylic acid groups (broad SMARTS) is 5. The van der Waals surface area contributed by atoms with Crippen molar-refractivity contribution in [3.63, 3.8) is 0 Å². The van der Waals surface area contributed by atoms with E-state index in [-0.39, 0.29) is 5.75 Å². The molecule has 3 heterocycles. The number of halogens is 2. The summed E-state index contributed by atoms with van der Waals surface area (Å²) in [4.78, 5) is 64.9. The lowest BCUT2D eigenvalue weighted by Gasteiger charge is -2.13. The Morgan fingerprint density at radius 3 is 1.41 bits per heavy atom. The van der Waals surface area contributed by atoms with E-state index in [1.165, 1.54) is 46.9 Å². The van der Waals surface area contributed by atoms with Gasteiger partial charge in [-0.05, 0) is 101 Å². The van der Waals surface area contributed by atoms with Crippen molar-refractivity contribution in [3.05, 3.63) is 181 Å². The minimum absolute atomic E-state index is 0.233. The molecule has 0 aliphatic carbocycles. The van der Waals surface area contributed by atoms with E-state index in [4.69, 9.17) is 66.1 Å². The van der Waals surface area contributed by atoms with E-state index < -0.39 is 66.3 Å². The van der Waals surface area contributed by atoms with Crippen molar-refractivity contribution in [2.75, 3.05) is 0 Å². The van der Waals surface area contributed by atoms with E-state index in [0.717, 1.165) is 55.6 Å². The SMILES string of the molecule is C[C@H](Oc1ccc(C#N)c2ccccc12)C(=O)O.C[C@H](Oc1ccc(Cl)c2ccccc12)C(=O)O.C[C@H](Oc1ccc(F)nc1)C(=O)O.C[C@H](Oc1ccnc2ccccc12)C(=O)O.C[C@H](Oc1cnc2ccccc2c1)C(=O)O. The minimum atomic E-state index is -1.08. The monoisotopic (exact) mass is 1110 g/mol. The van der Waals surface area contributed by atoms with Gasteiger partial charge in [-0.2, -0.15) is 9.65 Å². The van der Waals surface area contributed by atoms with Crippen LogP contribution in [-0.2, 0) is 24.0 Å². The Balaban J connectivity index is 0.000000184. The average Bonchev–Trinajstić information content (AvgIpc) is 3.45. The number of nitrogens with zero attached hydrogens (tertiary/aromatic N) is 4. The fourth-order valence-corrected chi connectivity index (χ4v) is 6.99. The molecule has 0 saturated heterocycles. The lowest BCUT2D eigenvalue weighted by Crippen LogP contribution is -2.22. The third-order valence-corrected chi connectivity index (χ3v) is 11.3. The van der Waals surface area contributed by atoms with Crippen LogP contribution in [-0.4, -0.2) is 101 Å². The lowest BCUT2D eigenvalue weighted by atomic mass is 10.0. The highest BCUT2D eigenvalue weighted by Crippen LogP contribution is 2.32. The van der Waals surface area contributed by atoms with Crippen LogP contribution >= 0.6 is 11.6 Å². The molecule has 19 nitrogen and oxygen atoms in total. The predicted molar refractivity (Wildman–Crippen MR) is 294 cm³/mol. The summed E-state index contributed by atoms with van der Waals surface area (Å²) in [7, 11) is 0. The maximum Gasteiger partial charge on any atom is 0.344 e. The number of fused-ring (bicyclic) bond motifs is 4. The normalized spacial score (nSPS) is 12.2. The van der Waals surface area contributed by atoms with E-state index in [1.54, 1.807) is 48.7 Å². The van der Waals surface area contributed by atoms with Crippen molar-refractivity contribution in [1.82, 2.24) is 15.0 Å². The van der Waals surface area contributed by atoms with Gasteiger partial charge in [-0.15, -0.1) is 0 Å². The zero-order valence-corrected chi connectivity index (χ0v) is 44.1. The Labute approximate surface area is 461 Å². The maximum atomic E-state index is 12.3. The van der Waals surface area contributed by atoms with E-state index in [0.29, 0.717) is 33.6 Å². The summed E-state index contributed by atoms with van der Waals surface area (Å²) in [5.41, 5.74) is 2.19. The Kier molecular flexibility index (Phi) is 22.3. The van der Waals surface area contributed by atoms with Crippen molar-refractivity contribution in [2.45, 2.75) is 65.1 Å². The molecule has 0 amide bonds. The van der Waals surface area contributed by atoms with Crippen LogP contribution in [0.4, 0.5) is 4.39 Å². The topological polar surface area (TPSA) is 295 Å². The molecule has 5 N–H and O–H groups in total. The molecule has 0 fully saturated rings. The summed E-state index contributed by atoms with van der Waals surface area (Å²) < 4.78 is 38.5. The molecule has 5 atom stereocenters. The Morgan fingerprint density at radius 2 is 0.887 bits per heavy atom. The first-order valence-electron chi connectivity index (χ1n) is 24.0. The molecule has 0 aliphatic rings. The maximum absolute atomic E-state index is 12.3. The fourth-order valence-electron chi connectivity index (χ4n) is 6.76. The lowest BCUT2D eigenvalue weighted by molar-refractivity contribution is -0.145. The number of pyridine rings is 3. The van der Waals surface area contributed by atoms with Gasteiger partial charge in [-0.3, -0.25) is 9.97 Å². The van der Waals surface area contributed by atoms with E-state index in [1.807, 2.05) is 91.0 Å². The Hall–Kier alpha value is -10.1. The van der Waals surface area contributed by atoms with Gasteiger partial charge >= 0.3 is 29.8 Å². The number of rotatable bonds is 15. The van der Waals surface area contributed by atoms with E-state index in [2.05, 4.69) is 21.0 Å². The van der Waals surface area contributed by atoms with E-state index in [9.17, 15) is 28.4 Å². The molecular formula is C59H52ClFN4O15. The zero-order valence-electron chi connectivity index (χ0n) is 43.3. The standard InChI is InChI=1S/C14H11NO3.C13H11ClO3.2C12H11NO3.C8H8FNO3/c1-9(14(16)17)18-13-7-6-10(8-15)11-4-2-3-5-12(11)13;1-8(13(15)16)17-12-7-6-11(14)9-4-2-3-5-10(9)12;1-8(12(14)15)16-10-6-9-4-2-3-5-11(9)13-7-10;1-8(12(14)15)16-11-6-7-13-10-5-3-2-4-9(10)11;1-5(8(11)12)13-6-2-3-7(9)10-4-6/h2-7,9H,1H3,(H,16,17);2-8H,1H3,(H,15,16);2*2-8H,1H3,(H,14,15);2-5H,1H3,(H,11,12)/t9-;3*8-;5-/m00000/s1. The van der Waals surface area contributed by atoms with Crippen LogP contribution in [0.2, 0.25) is 5.02 Å². The first kappa shape index (κ1) is 60.7. The van der Waals surface area contributed by atoms with Crippen molar-refractivity contribution in [3.8, 4) is 34.8 Å². The molecule has 0 spiro atoms. The van der Waals surface area contributed by atoms with Gasteiger partial charge in [0, 0.05) is 43.5 Å². The predicted octanol–water partition coefficient (Wildman–Crippen LogP) is 11.2. The molecule has 21 heteroatoms. The van der Waals surface area contributed by atoms with Crippen LogP contribution in [0, 0.1) is 17.3 Å². The van der Waals surface area contributed by atoms with Crippen molar-refractivity contribution < 1.29 is 77.6 Å².